The highest BCUT2D eigenvalue weighted by molar-refractivity contribution is 5.78. The number of nitro groups is 1. The highest BCUT2D eigenvalue weighted by Crippen LogP contribution is 2.19. The quantitative estimate of drug-likeness (QED) is 0.330. The lowest BCUT2D eigenvalue weighted by Gasteiger charge is -2.31. The van der Waals surface area contributed by atoms with E-state index in [9.17, 15) is 19.7 Å². The van der Waals surface area contributed by atoms with E-state index in [-0.39, 0.29) is 23.5 Å². The molecule has 1 aliphatic rings. The molecule has 1 aliphatic heterocycles. The molecule has 1 aromatic rings. The van der Waals surface area contributed by atoms with E-state index in [4.69, 9.17) is 4.74 Å². The Kier molecular flexibility index (Phi) is 7.37. The number of benzene rings is 1. The summed E-state index contributed by atoms with van der Waals surface area (Å²) in [6, 6.07) is 6.18. The fourth-order valence-electron chi connectivity index (χ4n) is 2.99. The second-order valence-electron chi connectivity index (χ2n) is 6.27. The molecule has 1 amide bonds. The summed E-state index contributed by atoms with van der Waals surface area (Å²) in [5.74, 6) is -0.389. The fraction of sp³-hybridized carbons (Fsp3) is 0.556. The van der Waals surface area contributed by atoms with Gasteiger partial charge in [0.15, 0.2) is 0 Å². The molecule has 1 atom stereocenters. The summed E-state index contributed by atoms with van der Waals surface area (Å²) in [6.45, 7) is 3.86. The molecule has 1 saturated heterocycles. The van der Waals surface area contributed by atoms with Crippen LogP contribution in [0.1, 0.15) is 32.6 Å². The Morgan fingerprint density at radius 2 is 2.08 bits per heavy atom. The molecule has 2 rings (SSSR count). The van der Waals surface area contributed by atoms with E-state index >= 15 is 0 Å². The SMILES string of the molecule is CCOC(=O)C1CCCN(C(=O)CCCNc2ccc([N+](=O)[O-])cc2)C1. The molecule has 0 aliphatic carbocycles. The zero-order chi connectivity index (χ0) is 18.9. The van der Waals surface area contributed by atoms with Gasteiger partial charge in [-0.25, -0.2) is 0 Å². The zero-order valence-corrected chi connectivity index (χ0v) is 15.0. The van der Waals surface area contributed by atoms with Crippen LogP contribution >= 0.6 is 0 Å². The van der Waals surface area contributed by atoms with Crippen LogP contribution < -0.4 is 5.32 Å². The lowest BCUT2D eigenvalue weighted by atomic mass is 9.98. The van der Waals surface area contributed by atoms with Gasteiger partial charge in [-0.1, -0.05) is 0 Å². The Morgan fingerprint density at radius 3 is 2.73 bits per heavy atom. The van der Waals surface area contributed by atoms with Crippen molar-refractivity contribution in [3.63, 3.8) is 0 Å². The first-order valence-corrected chi connectivity index (χ1v) is 8.94. The van der Waals surface area contributed by atoms with Gasteiger partial charge in [-0.15, -0.1) is 0 Å². The van der Waals surface area contributed by atoms with Crippen molar-refractivity contribution in [1.29, 1.82) is 0 Å². The van der Waals surface area contributed by atoms with Crippen molar-refractivity contribution < 1.29 is 19.2 Å². The topological polar surface area (TPSA) is 102 Å². The molecule has 0 spiro atoms. The third-order valence-corrected chi connectivity index (χ3v) is 4.37. The number of ether oxygens (including phenoxy) is 1. The Balaban J connectivity index is 1.71. The van der Waals surface area contributed by atoms with Crippen molar-refractivity contribution in [2.24, 2.45) is 5.92 Å². The molecular formula is C18H25N3O5. The van der Waals surface area contributed by atoms with Crippen LogP contribution in [0.5, 0.6) is 0 Å². The van der Waals surface area contributed by atoms with Crippen molar-refractivity contribution >= 4 is 23.3 Å². The summed E-state index contributed by atoms with van der Waals surface area (Å²) in [6.07, 6.45) is 2.63. The molecule has 0 saturated carbocycles. The molecule has 1 fully saturated rings. The van der Waals surface area contributed by atoms with E-state index in [1.165, 1.54) is 12.1 Å². The number of nitrogens with one attached hydrogen (secondary N) is 1. The van der Waals surface area contributed by atoms with Crippen molar-refractivity contribution in [1.82, 2.24) is 4.90 Å². The van der Waals surface area contributed by atoms with Crippen LogP contribution in [0.3, 0.4) is 0 Å². The van der Waals surface area contributed by atoms with Gasteiger partial charge in [0.25, 0.3) is 5.69 Å². The number of hydrogen-bond donors (Lipinski definition) is 1. The molecule has 142 valence electrons. The van der Waals surface area contributed by atoms with Gasteiger partial charge in [-0.3, -0.25) is 19.7 Å². The number of nitrogens with zero attached hydrogens (tertiary/aromatic N) is 2. The zero-order valence-electron chi connectivity index (χ0n) is 15.0. The Morgan fingerprint density at radius 1 is 1.35 bits per heavy atom. The van der Waals surface area contributed by atoms with E-state index in [1.807, 2.05) is 0 Å². The van der Waals surface area contributed by atoms with Gasteiger partial charge >= 0.3 is 5.97 Å². The van der Waals surface area contributed by atoms with Gasteiger partial charge in [0.1, 0.15) is 0 Å². The number of nitro benzene ring substituents is 1. The number of rotatable bonds is 8. The molecular weight excluding hydrogens is 338 g/mol. The summed E-state index contributed by atoms with van der Waals surface area (Å²) in [5.41, 5.74) is 0.829. The molecule has 8 nitrogen and oxygen atoms in total. The molecule has 8 heteroatoms. The summed E-state index contributed by atoms with van der Waals surface area (Å²) in [7, 11) is 0. The second-order valence-corrected chi connectivity index (χ2v) is 6.27. The number of likely N-dealkylation sites (tertiary alicyclic amines) is 1. The minimum atomic E-state index is -0.440. The Labute approximate surface area is 152 Å². The van der Waals surface area contributed by atoms with E-state index in [0.29, 0.717) is 39.1 Å². The van der Waals surface area contributed by atoms with Gasteiger partial charge in [0, 0.05) is 43.9 Å². The molecule has 1 N–H and O–H groups in total. The highest BCUT2D eigenvalue weighted by atomic mass is 16.6. The van der Waals surface area contributed by atoms with Gasteiger partial charge < -0.3 is 15.0 Å². The van der Waals surface area contributed by atoms with Crippen LogP contribution in [0.25, 0.3) is 0 Å². The number of amides is 1. The minimum Gasteiger partial charge on any atom is -0.466 e. The lowest BCUT2D eigenvalue weighted by molar-refractivity contribution is -0.384. The van der Waals surface area contributed by atoms with Crippen LogP contribution in [-0.4, -0.2) is 47.9 Å². The van der Waals surface area contributed by atoms with Crippen LogP contribution in [0.15, 0.2) is 24.3 Å². The van der Waals surface area contributed by atoms with Gasteiger partial charge in [0.2, 0.25) is 5.91 Å². The Hall–Kier alpha value is -2.64. The first-order chi connectivity index (χ1) is 12.5. The van der Waals surface area contributed by atoms with E-state index in [0.717, 1.165) is 18.5 Å². The highest BCUT2D eigenvalue weighted by Gasteiger charge is 2.28. The smallest absolute Gasteiger partial charge is 0.310 e. The largest absolute Gasteiger partial charge is 0.466 e. The number of hydrogen-bond acceptors (Lipinski definition) is 6. The summed E-state index contributed by atoms with van der Waals surface area (Å²) in [4.78, 5) is 36.1. The molecule has 1 unspecified atom stereocenters. The fourth-order valence-corrected chi connectivity index (χ4v) is 2.99. The first kappa shape index (κ1) is 19.7. The third-order valence-electron chi connectivity index (χ3n) is 4.37. The predicted molar refractivity (Wildman–Crippen MR) is 96.8 cm³/mol. The standard InChI is InChI=1S/C18H25N3O5/c1-2-26-18(23)14-5-4-12-20(13-14)17(22)6-3-11-19-15-7-9-16(10-8-15)21(24)25/h7-10,14,19H,2-6,11-13H2,1H3. The maximum absolute atomic E-state index is 12.3. The van der Waals surface area contributed by atoms with Crippen molar-refractivity contribution in [3.05, 3.63) is 34.4 Å². The Bertz CT molecular complexity index is 632. The van der Waals surface area contributed by atoms with Crippen LogP contribution in [0.4, 0.5) is 11.4 Å². The maximum atomic E-state index is 12.3. The number of anilines is 1. The molecule has 26 heavy (non-hydrogen) atoms. The van der Waals surface area contributed by atoms with Gasteiger partial charge in [-0.2, -0.15) is 0 Å². The average molecular weight is 363 g/mol. The van der Waals surface area contributed by atoms with Crippen molar-refractivity contribution in [2.45, 2.75) is 32.6 Å². The van der Waals surface area contributed by atoms with E-state index in [2.05, 4.69) is 5.32 Å². The summed E-state index contributed by atoms with van der Waals surface area (Å²) >= 11 is 0. The minimum absolute atomic E-state index is 0.0458. The predicted octanol–water partition coefficient (Wildman–Crippen LogP) is 2.59. The molecule has 0 bridgehead atoms. The summed E-state index contributed by atoms with van der Waals surface area (Å²) < 4.78 is 5.05. The normalized spacial score (nSPS) is 16.8. The molecule has 1 heterocycles. The number of carbonyl (C=O) groups excluding carboxylic acids is 2. The van der Waals surface area contributed by atoms with Gasteiger partial charge in [0.05, 0.1) is 17.4 Å². The second kappa shape index (κ2) is 9.74. The summed E-state index contributed by atoms with van der Waals surface area (Å²) in [5, 5.41) is 13.8. The van der Waals surface area contributed by atoms with Crippen molar-refractivity contribution in [2.75, 3.05) is 31.6 Å². The number of piperidine rings is 1. The van der Waals surface area contributed by atoms with Crippen LogP contribution in [0, 0.1) is 16.0 Å². The van der Waals surface area contributed by atoms with E-state index in [1.54, 1.807) is 24.0 Å². The third kappa shape index (κ3) is 5.72. The number of non-ortho nitro benzene ring substituents is 1. The van der Waals surface area contributed by atoms with E-state index < -0.39 is 4.92 Å². The van der Waals surface area contributed by atoms with Crippen LogP contribution in [0.2, 0.25) is 0 Å². The monoisotopic (exact) mass is 363 g/mol. The van der Waals surface area contributed by atoms with Gasteiger partial charge in [-0.05, 0) is 38.3 Å². The maximum Gasteiger partial charge on any atom is 0.310 e. The molecule has 1 aromatic carbocycles. The number of esters is 1. The van der Waals surface area contributed by atoms with Crippen LogP contribution in [-0.2, 0) is 14.3 Å². The lowest BCUT2D eigenvalue weighted by Crippen LogP contribution is -2.42. The molecule has 0 radical (unpaired) electrons. The molecule has 0 aromatic heterocycles. The first-order valence-electron chi connectivity index (χ1n) is 8.94. The average Bonchev–Trinajstić information content (AvgIpc) is 2.65. The number of carbonyl (C=O) groups is 2. The van der Waals surface area contributed by atoms with Crippen molar-refractivity contribution in [3.8, 4) is 0 Å².